The zero-order valence-corrected chi connectivity index (χ0v) is 32.3. The van der Waals surface area contributed by atoms with E-state index in [1.165, 1.54) is 54.1 Å². The highest BCUT2D eigenvalue weighted by Gasteiger charge is 2.32. The molecule has 0 fully saturated rings. The molecule has 0 amide bonds. The van der Waals surface area contributed by atoms with Crippen LogP contribution in [0.1, 0.15) is 17.5 Å². The number of anilines is 3. The highest BCUT2D eigenvalue weighted by Crippen LogP contribution is 2.48. The molecule has 10 rings (SSSR count). The van der Waals surface area contributed by atoms with E-state index >= 15 is 0 Å². The Bertz CT molecular complexity index is 2770. The van der Waals surface area contributed by atoms with E-state index in [2.05, 4.69) is 234 Å². The zero-order valence-electron chi connectivity index (χ0n) is 31.4. The van der Waals surface area contributed by atoms with Gasteiger partial charge in [0, 0.05) is 49.6 Å². The molecule has 6 aromatic carbocycles. The fraction of sp³-hybridized carbons (Fsp3) is 0.0370. The molecule has 7 aromatic rings. The molecule has 3 aliphatic carbocycles. The minimum absolute atomic E-state index is 0.0163. The van der Waals surface area contributed by atoms with Crippen LogP contribution in [0.15, 0.2) is 236 Å². The Morgan fingerprint density at radius 1 is 0.509 bits per heavy atom. The maximum absolute atomic E-state index is 2.47. The van der Waals surface area contributed by atoms with Crippen LogP contribution < -0.4 is 9.80 Å². The van der Waals surface area contributed by atoms with Crippen molar-refractivity contribution >= 4 is 50.6 Å². The van der Waals surface area contributed by atoms with E-state index in [1.807, 2.05) is 11.3 Å². The van der Waals surface area contributed by atoms with Crippen molar-refractivity contribution in [2.45, 2.75) is 6.42 Å². The van der Waals surface area contributed by atoms with Crippen LogP contribution in [0.4, 0.5) is 17.1 Å². The van der Waals surface area contributed by atoms with Gasteiger partial charge in [0.05, 0.1) is 11.4 Å². The third kappa shape index (κ3) is 6.63. The molecule has 0 bridgehead atoms. The highest BCUT2D eigenvalue weighted by atomic mass is 32.1. The number of fused-ring (bicyclic) bond motifs is 3. The van der Waals surface area contributed by atoms with Gasteiger partial charge in [-0.3, -0.25) is 0 Å². The monoisotopic (exact) mass is 748 g/mol. The van der Waals surface area contributed by atoms with Crippen molar-refractivity contribution in [2.75, 3.05) is 9.80 Å². The number of para-hydroxylation sites is 3. The number of rotatable bonds is 8. The van der Waals surface area contributed by atoms with Crippen LogP contribution in [-0.2, 0) is 0 Å². The van der Waals surface area contributed by atoms with Gasteiger partial charge in [0.1, 0.15) is 0 Å². The summed E-state index contributed by atoms with van der Waals surface area (Å²) < 4.78 is 0. The topological polar surface area (TPSA) is 6.48 Å². The van der Waals surface area contributed by atoms with Gasteiger partial charge < -0.3 is 9.80 Å². The van der Waals surface area contributed by atoms with E-state index < -0.39 is 0 Å². The number of thiophene rings is 1. The van der Waals surface area contributed by atoms with Crippen LogP contribution >= 0.6 is 11.3 Å². The molecular formula is C54H40N2S. The molecule has 1 atom stereocenters. The van der Waals surface area contributed by atoms with E-state index in [0.29, 0.717) is 0 Å². The minimum Gasteiger partial charge on any atom is -0.310 e. The summed E-state index contributed by atoms with van der Waals surface area (Å²) in [5.74, 6) is 0.0163. The molecule has 3 heteroatoms. The Morgan fingerprint density at radius 3 is 1.96 bits per heavy atom. The quantitative estimate of drug-likeness (QED) is 0.153. The lowest BCUT2D eigenvalue weighted by Gasteiger charge is -2.33. The summed E-state index contributed by atoms with van der Waals surface area (Å²) in [6.45, 7) is 0. The van der Waals surface area contributed by atoms with Gasteiger partial charge in [0.2, 0.25) is 0 Å². The second kappa shape index (κ2) is 15.3. The van der Waals surface area contributed by atoms with E-state index in [9.17, 15) is 0 Å². The zero-order chi connectivity index (χ0) is 38.0. The van der Waals surface area contributed by atoms with Crippen molar-refractivity contribution < 1.29 is 0 Å². The van der Waals surface area contributed by atoms with Crippen LogP contribution in [0, 0.1) is 5.92 Å². The maximum Gasteiger partial charge on any atom is 0.0582 e. The fourth-order valence-electron chi connectivity index (χ4n) is 8.28. The smallest absolute Gasteiger partial charge is 0.0582 e. The average molecular weight is 749 g/mol. The molecule has 272 valence electrons. The summed E-state index contributed by atoms with van der Waals surface area (Å²) in [5, 5.41) is 2.54. The SMILES string of the molecule is C1=CCC=CC(N(C2=CC3C=CC=CC3=C(N(c3ccccc3)c3ccccc3)c3cc(-c4ccc(-c5cccc6ccccc56)s4)ccc32)c2ccccc2)=C1. The van der Waals surface area contributed by atoms with Crippen LogP contribution in [0.5, 0.6) is 0 Å². The van der Waals surface area contributed by atoms with Gasteiger partial charge >= 0.3 is 0 Å². The lowest BCUT2D eigenvalue weighted by molar-refractivity contribution is 0.989. The van der Waals surface area contributed by atoms with Crippen molar-refractivity contribution in [2.24, 2.45) is 5.92 Å². The number of hydrogen-bond acceptors (Lipinski definition) is 3. The number of hydrogen-bond donors (Lipinski definition) is 0. The van der Waals surface area contributed by atoms with Crippen molar-refractivity contribution in [3.63, 3.8) is 0 Å². The molecule has 2 nitrogen and oxygen atoms in total. The second-order valence-corrected chi connectivity index (χ2v) is 15.5. The molecule has 1 heterocycles. The summed E-state index contributed by atoms with van der Waals surface area (Å²) >= 11 is 1.86. The molecule has 0 aliphatic heterocycles. The van der Waals surface area contributed by atoms with Crippen LogP contribution in [-0.4, -0.2) is 0 Å². The first-order valence-electron chi connectivity index (χ1n) is 19.6. The molecule has 57 heavy (non-hydrogen) atoms. The number of nitrogens with zero attached hydrogens (tertiary/aromatic N) is 2. The van der Waals surface area contributed by atoms with Gasteiger partial charge in [-0.25, -0.2) is 0 Å². The Kier molecular flexibility index (Phi) is 9.27. The molecule has 0 N–H and O–H groups in total. The predicted octanol–water partition coefficient (Wildman–Crippen LogP) is 14.8. The van der Waals surface area contributed by atoms with E-state index in [-0.39, 0.29) is 5.92 Å². The molecule has 0 saturated carbocycles. The van der Waals surface area contributed by atoms with Gasteiger partial charge in [0.15, 0.2) is 0 Å². The van der Waals surface area contributed by atoms with E-state index in [4.69, 9.17) is 0 Å². The van der Waals surface area contributed by atoms with Gasteiger partial charge in [-0.1, -0.05) is 152 Å². The first-order chi connectivity index (χ1) is 28.3. The third-order valence-electron chi connectivity index (χ3n) is 10.9. The molecule has 0 spiro atoms. The van der Waals surface area contributed by atoms with Gasteiger partial charge in [-0.2, -0.15) is 0 Å². The maximum atomic E-state index is 2.47. The van der Waals surface area contributed by atoms with Crippen LogP contribution in [0.25, 0.3) is 43.0 Å². The molecular weight excluding hydrogens is 709 g/mol. The highest BCUT2D eigenvalue weighted by molar-refractivity contribution is 7.18. The first-order valence-corrected chi connectivity index (χ1v) is 20.4. The summed E-state index contributed by atoms with van der Waals surface area (Å²) in [4.78, 5) is 7.40. The van der Waals surface area contributed by atoms with Crippen molar-refractivity contribution in [1.82, 2.24) is 0 Å². The predicted molar refractivity (Wildman–Crippen MR) is 244 cm³/mol. The fourth-order valence-corrected chi connectivity index (χ4v) is 9.32. The third-order valence-corrected chi connectivity index (χ3v) is 12.1. The minimum atomic E-state index is 0.0163. The van der Waals surface area contributed by atoms with Crippen molar-refractivity contribution in [3.8, 4) is 20.9 Å². The summed E-state index contributed by atoms with van der Waals surface area (Å²) in [7, 11) is 0. The normalized spacial score (nSPS) is 15.7. The summed E-state index contributed by atoms with van der Waals surface area (Å²) in [6, 6.07) is 59.4. The summed E-state index contributed by atoms with van der Waals surface area (Å²) in [5.41, 5.74) is 12.8. The lowest BCUT2D eigenvalue weighted by Crippen LogP contribution is -2.22. The van der Waals surface area contributed by atoms with Gasteiger partial charge in [-0.15, -0.1) is 11.3 Å². The van der Waals surface area contributed by atoms with Gasteiger partial charge in [0.25, 0.3) is 0 Å². The molecule has 1 unspecified atom stereocenters. The Morgan fingerprint density at radius 2 is 1.19 bits per heavy atom. The van der Waals surface area contributed by atoms with Crippen molar-refractivity contribution in [1.29, 1.82) is 0 Å². The number of benzene rings is 6. The van der Waals surface area contributed by atoms with Crippen molar-refractivity contribution in [3.05, 3.63) is 247 Å². The molecule has 0 saturated heterocycles. The van der Waals surface area contributed by atoms with E-state index in [0.717, 1.165) is 34.9 Å². The van der Waals surface area contributed by atoms with Crippen LogP contribution in [0.3, 0.4) is 0 Å². The first kappa shape index (κ1) is 34.5. The Hall–Kier alpha value is -6.94. The van der Waals surface area contributed by atoms with Crippen LogP contribution in [0.2, 0.25) is 0 Å². The lowest BCUT2D eigenvalue weighted by atomic mass is 9.90. The standard InChI is InChI=1S/C54H40N2S/c1-2-7-23-42(22-6-1)55(43-24-8-3-9-25-43)51-38-40-20-15-17-31-47(40)54(56(44-26-10-4-11-27-44)45-28-12-5-13-29-45)50-37-41(33-34-48(50)51)52-35-36-53(57-52)49-32-18-21-39-19-14-16-30-46(39)49/h1,3-38,40H,2H2. The second-order valence-electron chi connectivity index (χ2n) is 14.4. The number of allylic oxidation sites excluding steroid dienone is 11. The molecule has 1 aromatic heterocycles. The molecule has 0 radical (unpaired) electrons. The van der Waals surface area contributed by atoms with E-state index in [1.54, 1.807) is 0 Å². The Balaban J connectivity index is 1.23. The average Bonchev–Trinajstić information content (AvgIpc) is 3.55. The molecule has 3 aliphatic rings. The Labute approximate surface area is 339 Å². The largest absolute Gasteiger partial charge is 0.310 e. The summed E-state index contributed by atoms with van der Waals surface area (Å²) in [6.07, 6.45) is 23.6. The van der Waals surface area contributed by atoms with Gasteiger partial charge in [-0.05, 0) is 107 Å².